The summed E-state index contributed by atoms with van der Waals surface area (Å²) in [5, 5.41) is 14.7. The minimum absolute atomic E-state index is 0.0161. The number of aryl methyl sites for hydroxylation is 1. The Balaban J connectivity index is 1.32. The lowest BCUT2D eigenvalue weighted by Gasteiger charge is -2.20. The van der Waals surface area contributed by atoms with E-state index in [0.717, 1.165) is 11.3 Å². The lowest BCUT2D eigenvalue weighted by Crippen LogP contribution is -2.31. The largest absolute Gasteiger partial charge is 0.419 e. The normalized spacial score (nSPS) is 11.1. The second-order valence-electron chi connectivity index (χ2n) is 7.14. The Labute approximate surface area is 194 Å². The molecule has 1 amide bonds. The van der Waals surface area contributed by atoms with Crippen molar-refractivity contribution in [3.05, 3.63) is 58.6 Å². The van der Waals surface area contributed by atoms with Crippen LogP contribution >= 0.6 is 22.9 Å². The summed E-state index contributed by atoms with van der Waals surface area (Å²) >= 11 is 7.76. The van der Waals surface area contributed by atoms with Crippen LogP contribution in [0.5, 0.6) is 0 Å². The number of benzene rings is 1. The van der Waals surface area contributed by atoms with Gasteiger partial charge in [-0.3, -0.25) is 4.79 Å². The second kappa shape index (κ2) is 10.5. The molecule has 4 rings (SSSR count). The average molecular weight is 472 g/mol. The number of rotatable bonds is 10. The highest BCUT2D eigenvalue weighted by atomic mass is 35.5. The van der Waals surface area contributed by atoms with E-state index in [0.29, 0.717) is 59.9 Å². The molecule has 0 N–H and O–H groups in total. The van der Waals surface area contributed by atoms with Crippen molar-refractivity contribution in [2.45, 2.75) is 39.2 Å². The van der Waals surface area contributed by atoms with E-state index in [2.05, 4.69) is 20.3 Å². The lowest BCUT2D eigenvalue weighted by atomic mass is 10.2. The number of hydrogen-bond donors (Lipinski definition) is 0. The van der Waals surface area contributed by atoms with E-state index < -0.39 is 0 Å². The molecule has 0 spiro atoms. The van der Waals surface area contributed by atoms with Crippen molar-refractivity contribution < 1.29 is 13.7 Å². The Morgan fingerprint density at radius 3 is 2.81 bits per heavy atom. The number of carbonyl (C=O) groups is 1. The summed E-state index contributed by atoms with van der Waals surface area (Å²) in [6, 6.07) is 11.2. The maximum atomic E-state index is 12.8. The maximum absolute atomic E-state index is 12.8. The van der Waals surface area contributed by atoms with Crippen LogP contribution in [0.2, 0.25) is 5.02 Å². The molecule has 0 saturated carbocycles. The molecule has 8 nitrogen and oxygen atoms in total. The van der Waals surface area contributed by atoms with Gasteiger partial charge in [0.1, 0.15) is 0 Å². The van der Waals surface area contributed by atoms with E-state index in [4.69, 9.17) is 20.5 Å². The van der Waals surface area contributed by atoms with Crippen LogP contribution in [0.25, 0.3) is 22.2 Å². The van der Waals surface area contributed by atoms with Gasteiger partial charge in [0.15, 0.2) is 0 Å². The Morgan fingerprint density at radius 2 is 2.03 bits per heavy atom. The van der Waals surface area contributed by atoms with Crippen LogP contribution in [0, 0.1) is 0 Å². The van der Waals surface area contributed by atoms with Crippen LogP contribution in [0.1, 0.15) is 38.0 Å². The molecule has 0 bridgehead atoms. The molecule has 32 heavy (non-hydrogen) atoms. The summed E-state index contributed by atoms with van der Waals surface area (Å²) in [6.07, 6.45) is 2.34. The van der Waals surface area contributed by atoms with Gasteiger partial charge in [-0.1, -0.05) is 41.9 Å². The number of halogens is 1. The van der Waals surface area contributed by atoms with Crippen LogP contribution in [0.3, 0.4) is 0 Å². The van der Waals surface area contributed by atoms with E-state index in [9.17, 15) is 4.79 Å². The highest BCUT2D eigenvalue weighted by Crippen LogP contribution is 2.26. The topological polar surface area (TPSA) is 98.2 Å². The van der Waals surface area contributed by atoms with Crippen molar-refractivity contribution >= 4 is 28.8 Å². The first-order valence-corrected chi connectivity index (χ1v) is 11.6. The molecule has 0 aliphatic carbocycles. The second-order valence-corrected chi connectivity index (χ2v) is 8.49. The molecule has 0 aliphatic heterocycles. The predicted molar refractivity (Wildman–Crippen MR) is 121 cm³/mol. The van der Waals surface area contributed by atoms with Crippen LogP contribution in [0.15, 0.2) is 50.7 Å². The van der Waals surface area contributed by atoms with E-state index in [1.54, 1.807) is 22.3 Å². The Bertz CT molecular complexity index is 1160. The summed E-state index contributed by atoms with van der Waals surface area (Å²) < 4.78 is 11.1. The van der Waals surface area contributed by atoms with Crippen LogP contribution in [0.4, 0.5) is 0 Å². The Hall–Kier alpha value is -3.04. The third kappa shape index (κ3) is 5.41. The number of thiophene rings is 1. The highest BCUT2D eigenvalue weighted by Gasteiger charge is 2.19. The molecule has 0 fully saturated rings. The molecule has 0 radical (unpaired) electrons. The number of nitrogens with zero attached hydrogens (tertiary/aromatic N) is 5. The fourth-order valence-corrected chi connectivity index (χ4v) is 4.06. The van der Waals surface area contributed by atoms with E-state index >= 15 is 0 Å². The summed E-state index contributed by atoms with van der Waals surface area (Å²) in [5.41, 5.74) is 0.669. The van der Waals surface area contributed by atoms with Gasteiger partial charge < -0.3 is 13.8 Å². The first-order chi connectivity index (χ1) is 15.6. The number of carbonyl (C=O) groups excluding carboxylic acids is 1. The van der Waals surface area contributed by atoms with Gasteiger partial charge in [0.25, 0.3) is 0 Å². The number of hydrogen-bond acceptors (Lipinski definition) is 8. The van der Waals surface area contributed by atoms with Gasteiger partial charge in [-0.15, -0.1) is 21.5 Å². The fourth-order valence-electron chi connectivity index (χ4n) is 3.20. The molecule has 3 aromatic heterocycles. The van der Waals surface area contributed by atoms with Crippen molar-refractivity contribution in [1.29, 1.82) is 0 Å². The fraction of sp³-hybridized carbons (Fsp3) is 0.318. The quantitative estimate of drug-likeness (QED) is 0.311. The van der Waals surface area contributed by atoms with Crippen LogP contribution in [-0.4, -0.2) is 37.7 Å². The molecule has 4 aromatic rings. The molecule has 0 aliphatic rings. The third-order valence-corrected chi connectivity index (χ3v) is 5.93. The van der Waals surface area contributed by atoms with Gasteiger partial charge in [0.2, 0.25) is 29.4 Å². The zero-order valence-electron chi connectivity index (χ0n) is 17.5. The zero-order valence-corrected chi connectivity index (χ0v) is 19.1. The Morgan fingerprint density at radius 1 is 1.16 bits per heavy atom. The molecule has 10 heteroatoms. The standard InChI is InChI=1S/C22H22ClN5O3S/c1-2-12-28(14-19-25-26-22(30-19)15-7-3-4-8-16(15)23)20(29)11-5-10-18-24-21(27-31-18)17-9-6-13-32-17/h3-4,6-9,13H,2,5,10-12,14H2,1H3. The Kier molecular flexibility index (Phi) is 7.28. The molecule has 1 aromatic carbocycles. The molecule has 0 atom stereocenters. The number of aromatic nitrogens is 4. The van der Waals surface area contributed by atoms with Crippen molar-refractivity contribution in [3.8, 4) is 22.2 Å². The van der Waals surface area contributed by atoms with Crippen LogP contribution in [-0.2, 0) is 17.8 Å². The minimum Gasteiger partial charge on any atom is -0.419 e. The molecular formula is C22H22ClN5O3S. The smallest absolute Gasteiger partial charge is 0.249 e. The van der Waals surface area contributed by atoms with E-state index in [1.165, 1.54) is 0 Å². The van der Waals surface area contributed by atoms with Crippen molar-refractivity contribution in [3.63, 3.8) is 0 Å². The molecule has 0 unspecified atom stereocenters. The zero-order chi connectivity index (χ0) is 22.3. The first-order valence-electron chi connectivity index (χ1n) is 10.4. The lowest BCUT2D eigenvalue weighted by molar-refractivity contribution is -0.132. The summed E-state index contributed by atoms with van der Waals surface area (Å²) in [7, 11) is 0. The first kappa shape index (κ1) is 22.2. The highest BCUT2D eigenvalue weighted by molar-refractivity contribution is 7.13. The van der Waals surface area contributed by atoms with Crippen LogP contribution < -0.4 is 0 Å². The molecule has 3 heterocycles. The van der Waals surface area contributed by atoms with Gasteiger partial charge in [-0.05, 0) is 36.4 Å². The average Bonchev–Trinajstić information content (AvgIpc) is 3.55. The van der Waals surface area contributed by atoms with Gasteiger partial charge in [0, 0.05) is 19.4 Å². The number of amides is 1. The SMILES string of the molecule is CCCN(Cc1nnc(-c2ccccc2Cl)o1)C(=O)CCCc1nc(-c2cccs2)no1. The summed E-state index contributed by atoms with van der Waals surface area (Å²) in [4.78, 5) is 19.9. The van der Waals surface area contributed by atoms with Crippen molar-refractivity contribution in [2.24, 2.45) is 0 Å². The van der Waals surface area contributed by atoms with E-state index in [-0.39, 0.29) is 12.5 Å². The van der Waals surface area contributed by atoms with Gasteiger partial charge >= 0.3 is 0 Å². The summed E-state index contributed by atoms with van der Waals surface area (Å²) in [6.45, 7) is 2.88. The minimum atomic E-state index is 0.0161. The molecule has 0 saturated heterocycles. The van der Waals surface area contributed by atoms with Crippen molar-refractivity contribution in [1.82, 2.24) is 25.2 Å². The van der Waals surface area contributed by atoms with Gasteiger partial charge in [0.05, 0.1) is 22.0 Å². The van der Waals surface area contributed by atoms with Gasteiger partial charge in [-0.25, -0.2) is 0 Å². The predicted octanol–water partition coefficient (Wildman–Crippen LogP) is 5.26. The van der Waals surface area contributed by atoms with Crippen molar-refractivity contribution in [2.75, 3.05) is 6.54 Å². The monoisotopic (exact) mass is 471 g/mol. The maximum Gasteiger partial charge on any atom is 0.249 e. The van der Waals surface area contributed by atoms with E-state index in [1.807, 2.05) is 42.6 Å². The summed E-state index contributed by atoms with van der Waals surface area (Å²) in [5.74, 6) is 1.85. The molecular weight excluding hydrogens is 450 g/mol. The molecule has 166 valence electrons. The van der Waals surface area contributed by atoms with Gasteiger partial charge in [-0.2, -0.15) is 4.98 Å². The third-order valence-electron chi connectivity index (χ3n) is 4.73.